The van der Waals surface area contributed by atoms with Crippen molar-refractivity contribution >= 4 is 11.8 Å². The summed E-state index contributed by atoms with van der Waals surface area (Å²) in [5.74, 6) is -0.845. The molecule has 0 saturated heterocycles. The first-order valence-corrected chi connectivity index (χ1v) is 7.28. The van der Waals surface area contributed by atoms with Crippen molar-refractivity contribution in [2.45, 2.75) is 26.4 Å². The van der Waals surface area contributed by atoms with Gasteiger partial charge in [0.2, 0.25) is 0 Å². The summed E-state index contributed by atoms with van der Waals surface area (Å²) >= 11 is 0. The number of ether oxygens (including phenoxy) is 1. The van der Waals surface area contributed by atoms with E-state index in [-0.39, 0.29) is 24.5 Å². The lowest BCUT2D eigenvalue weighted by Crippen LogP contribution is -2.09. The molecule has 7 heteroatoms. The number of benzene rings is 1. The first-order valence-electron chi connectivity index (χ1n) is 7.28. The highest BCUT2D eigenvalue weighted by Crippen LogP contribution is 2.29. The number of aromatic amines is 1. The molecular weight excluding hydrogens is 323 g/mol. The molecule has 2 rings (SSSR count). The molecule has 1 N–H and O–H groups in total. The minimum atomic E-state index is -4.41. The number of alkyl halides is 3. The monoisotopic (exact) mass is 339 g/mol. The summed E-state index contributed by atoms with van der Waals surface area (Å²) in [6, 6.07) is 4.43. The van der Waals surface area contributed by atoms with Crippen LogP contribution in [0, 0.1) is 6.92 Å². The predicted octanol–water partition coefficient (Wildman–Crippen LogP) is 3.94. The van der Waals surface area contributed by atoms with Crippen molar-refractivity contribution in [2.24, 2.45) is 0 Å². The third-order valence-corrected chi connectivity index (χ3v) is 3.57. The third kappa shape index (κ3) is 3.84. The summed E-state index contributed by atoms with van der Waals surface area (Å²) in [5, 5.41) is 0. The first kappa shape index (κ1) is 17.8. The Morgan fingerprint density at radius 1 is 1.17 bits per heavy atom. The Hall–Kier alpha value is -2.57. The Bertz CT molecular complexity index is 745. The molecule has 0 bridgehead atoms. The van der Waals surface area contributed by atoms with Crippen LogP contribution in [0.5, 0.6) is 0 Å². The molecule has 24 heavy (non-hydrogen) atoms. The minimum Gasteiger partial charge on any atom is -0.461 e. The summed E-state index contributed by atoms with van der Waals surface area (Å²) in [7, 11) is 0. The lowest BCUT2D eigenvalue weighted by molar-refractivity contribution is -0.137. The van der Waals surface area contributed by atoms with Gasteiger partial charge in [0.25, 0.3) is 0 Å². The average molecular weight is 339 g/mol. The fraction of sp³-hybridized carbons (Fsp3) is 0.294. The van der Waals surface area contributed by atoms with Gasteiger partial charge in [-0.05, 0) is 37.1 Å². The second kappa shape index (κ2) is 6.90. The number of carbonyl (C=O) groups excluding carboxylic acids is 2. The van der Waals surface area contributed by atoms with E-state index in [1.807, 2.05) is 0 Å². The fourth-order valence-corrected chi connectivity index (χ4v) is 2.29. The van der Waals surface area contributed by atoms with E-state index in [4.69, 9.17) is 4.74 Å². The lowest BCUT2D eigenvalue weighted by atomic mass is 10.0. The topological polar surface area (TPSA) is 59.2 Å². The standard InChI is InChI=1S/C17H16F3NO3/c1-3-24-16(23)15-10(2)13(9-21-15)14(22)8-11-4-6-12(7-5-11)17(18,19)20/h4-7,9,21H,3,8H2,1-2H3. The van der Waals surface area contributed by atoms with Gasteiger partial charge in [-0.25, -0.2) is 4.79 Å². The zero-order valence-electron chi connectivity index (χ0n) is 13.2. The van der Waals surface area contributed by atoms with Crippen LogP contribution in [0.4, 0.5) is 13.2 Å². The Labute approximate surface area is 136 Å². The summed E-state index contributed by atoms with van der Waals surface area (Å²) in [5.41, 5.74) is 0.684. The molecule has 0 saturated carbocycles. The smallest absolute Gasteiger partial charge is 0.416 e. The van der Waals surface area contributed by atoms with E-state index in [1.165, 1.54) is 18.3 Å². The second-order valence-corrected chi connectivity index (χ2v) is 5.22. The Kier molecular flexibility index (Phi) is 5.11. The number of nitrogens with one attached hydrogen (secondary N) is 1. The molecule has 0 aliphatic heterocycles. The van der Waals surface area contributed by atoms with E-state index in [1.54, 1.807) is 13.8 Å². The Balaban J connectivity index is 2.14. The van der Waals surface area contributed by atoms with Gasteiger partial charge in [-0.15, -0.1) is 0 Å². The van der Waals surface area contributed by atoms with E-state index < -0.39 is 17.7 Å². The van der Waals surface area contributed by atoms with Crippen LogP contribution in [0.2, 0.25) is 0 Å². The molecule has 1 aromatic heterocycles. The average Bonchev–Trinajstić information content (AvgIpc) is 2.89. The molecule has 0 fully saturated rings. The molecular formula is C17H16F3NO3. The van der Waals surface area contributed by atoms with Crippen LogP contribution in [0.25, 0.3) is 0 Å². The number of aromatic nitrogens is 1. The van der Waals surface area contributed by atoms with Gasteiger partial charge < -0.3 is 9.72 Å². The zero-order valence-corrected chi connectivity index (χ0v) is 13.2. The SMILES string of the molecule is CCOC(=O)c1[nH]cc(C(=O)Cc2ccc(C(F)(F)F)cc2)c1C. The van der Waals surface area contributed by atoms with Crippen molar-refractivity contribution in [1.82, 2.24) is 4.98 Å². The van der Waals surface area contributed by atoms with Crippen LogP contribution in [0.1, 0.15) is 44.5 Å². The number of esters is 1. The molecule has 4 nitrogen and oxygen atoms in total. The molecule has 1 aromatic carbocycles. The number of Topliss-reactive ketones (excluding diaryl/α,β-unsaturated/α-hetero) is 1. The highest BCUT2D eigenvalue weighted by Gasteiger charge is 2.30. The number of halogens is 3. The van der Waals surface area contributed by atoms with Crippen molar-refractivity contribution in [3.05, 3.63) is 58.4 Å². The number of carbonyl (C=O) groups is 2. The molecule has 0 aliphatic rings. The van der Waals surface area contributed by atoms with E-state index >= 15 is 0 Å². The Morgan fingerprint density at radius 2 is 1.79 bits per heavy atom. The fourth-order valence-electron chi connectivity index (χ4n) is 2.29. The van der Waals surface area contributed by atoms with Crippen molar-refractivity contribution in [1.29, 1.82) is 0 Å². The first-order chi connectivity index (χ1) is 11.2. The van der Waals surface area contributed by atoms with E-state index in [9.17, 15) is 22.8 Å². The number of rotatable bonds is 5. The van der Waals surface area contributed by atoms with Crippen molar-refractivity contribution in [3.8, 4) is 0 Å². The summed E-state index contributed by atoms with van der Waals surface area (Å²) in [6.07, 6.45) is -3.05. The van der Waals surface area contributed by atoms with Gasteiger partial charge in [-0.2, -0.15) is 13.2 Å². The number of hydrogen-bond donors (Lipinski definition) is 1. The van der Waals surface area contributed by atoms with Gasteiger partial charge in [-0.3, -0.25) is 4.79 Å². The zero-order chi connectivity index (χ0) is 17.9. The molecule has 0 aliphatic carbocycles. The van der Waals surface area contributed by atoms with Gasteiger partial charge in [-0.1, -0.05) is 12.1 Å². The number of hydrogen-bond acceptors (Lipinski definition) is 3. The van der Waals surface area contributed by atoms with Crippen LogP contribution in [0.3, 0.4) is 0 Å². The van der Waals surface area contributed by atoms with E-state index in [0.717, 1.165) is 12.1 Å². The highest BCUT2D eigenvalue weighted by atomic mass is 19.4. The molecule has 0 radical (unpaired) electrons. The lowest BCUT2D eigenvalue weighted by Gasteiger charge is -2.07. The largest absolute Gasteiger partial charge is 0.461 e. The quantitative estimate of drug-likeness (QED) is 0.663. The maximum absolute atomic E-state index is 12.5. The van der Waals surface area contributed by atoms with Gasteiger partial charge in [0, 0.05) is 18.2 Å². The normalized spacial score (nSPS) is 11.4. The van der Waals surface area contributed by atoms with Gasteiger partial charge in [0.1, 0.15) is 5.69 Å². The van der Waals surface area contributed by atoms with Gasteiger partial charge >= 0.3 is 12.1 Å². The van der Waals surface area contributed by atoms with Crippen molar-refractivity contribution < 1.29 is 27.5 Å². The number of H-pyrrole nitrogens is 1. The van der Waals surface area contributed by atoms with Crippen LogP contribution < -0.4 is 0 Å². The van der Waals surface area contributed by atoms with Gasteiger partial charge in [0.15, 0.2) is 5.78 Å². The third-order valence-electron chi connectivity index (χ3n) is 3.57. The summed E-state index contributed by atoms with van der Waals surface area (Å²) < 4.78 is 42.5. The van der Waals surface area contributed by atoms with E-state index in [0.29, 0.717) is 16.7 Å². The predicted molar refractivity (Wildman–Crippen MR) is 81.0 cm³/mol. The van der Waals surface area contributed by atoms with Crippen LogP contribution in [-0.4, -0.2) is 23.3 Å². The molecule has 128 valence electrons. The molecule has 0 unspecified atom stereocenters. The molecule has 0 spiro atoms. The van der Waals surface area contributed by atoms with Crippen molar-refractivity contribution in [2.75, 3.05) is 6.61 Å². The van der Waals surface area contributed by atoms with Gasteiger partial charge in [0.05, 0.1) is 12.2 Å². The van der Waals surface area contributed by atoms with Crippen LogP contribution >= 0.6 is 0 Å². The highest BCUT2D eigenvalue weighted by molar-refractivity contribution is 6.02. The molecule has 0 amide bonds. The Morgan fingerprint density at radius 3 is 2.33 bits per heavy atom. The maximum Gasteiger partial charge on any atom is 0.416 e. The molecule has 2 aromatic rings. The molecule has 1 heterocycles. The minimum absolute atomic E-state index is 0.0565. The summed E-state index contributed by atoms with van der Waals surface area (Å²) in [6.45, 7) is 3.50. The number of ketones is 1. The summed E-state index contributed by atoms with van der Waals surface area (Å²) in [4.78, 5) is 26.7. The molecule has 0 atom stereocenters. The maximum atomic E-state index is 12.5. The van der Waals surface area contributed by atoms with E-state index in [2.05, 4.69) is 4.98 Å². The van der Waals surface area contributed by atoms with Crippen LogP contribution in [-0.2, 0) is 17.3 Å². The van der Waals surface area contributed by atoms with Crippen molar-refractivity contribution in [3.63, 3.8) is 0 Å². The van der Waals surface area contributed by atoms with Crippen LogP contribution in [0.15, 0.2) is 30.5 Å². The second-order valence-electron chi connectivity index (χ2n) is 5.22.